The summed E-state index contributed by atoms with van der Waals surface area (Å²) in [5.41, 5.74) is 1.07. The second-order valence-electron chi connectivity index (χ2n) is 5.50. The number of amides is 2. The Balaban J connectivity index is 2.18. The molecule has 5 heteroatoms. The molecule has 2 N–H and O–H groups in total. The largest absolute Gasteiger partial charge is 0.381 e. The number of carbonyl (C=O) groups excluding carboxylic acids is 1. The van der Waals surface area contributed by atoms with Crippen LogP contribution in [-0.4, -0.2) is 25.8 Å². The molecule has 0 spiro atoms. The lowest BCUT2D eigenvalue weighted by Gasteiger charge is -2.15. The van der Waals surface area contributed by atoms with Gasteiger partial charge in [0.25, 0.3) is 0 Å². The van der Waals surface area contributed by atoms with Crippen molar-refractivity contribution in [2.75, 3.05) is 19.8 Å². The average Bonchev–Trinajstić information content (AvgIpc) is 2.42. The maximum absolute atomic E-state index is 11.8. The van der Waals surface area contributed by atoms with Gasteiger partial charge in [-0.1, -0.05) is 41.9 Å². The lowest BCUT2D eigenvalue weighted by Crippen LogP contribution is -2.37. The van der Waals surface area contributed by atoms with Gasteiger partial charge in [0, 0.05) is 24.2 Å². The molecule has 4 nitrogen and oxygen atoms in total. The highest BCUT2D eigenvalue weighted by Crippen LogP contribution is 2.17. The fourth-order valence-corrected chi connectivity index (χ4v) is 2.22. The third-order valence-electron chi connectivity index (χ3n) is 2.90. The van der Waals surface area contributed by atoms with Crippen molar-refractivity contribution in [3.63, 3.8) is 0 Å². The van der Waals surface area contributed by atoms with Crippen LogP contribution >= 0.6 is 15.9 Å². The summed E-state index contributed by atoms with van der Waals surface area (Å²) in [7, 11) is 0. The highest BCUT2D eigenvalue weighted by Gasteiger charge is 2.08. The molecule has 1 unspecified atom stereocenters. The van der Waals surface area contributed by atoms with Crippen molar-refractivity contribution in [2.24, 2.45) is 5.92 Å². The number of rotatable bonds is 8. The zero-order chi connectivity index (χ0) is 15.7. The van der Waals surface area contributed by atoms with Gasteiger partial charge in [-0.05, 0) is 37.0 Å². The average molecular weight is 357 g/mol. The van der Waals surface area contributed by atoms with Crippen LogP contribution in [0.2, 0.25) is 0 Å². The van der Waals surface area contributed by atoms with E-state index in [0.29, 0.717) is 19.1 Å². The zero-order valence-corrected chi connectivity index (χ0v) is 14.6. The second kappa shape index (κ2) is 9.79. The minimum Gasteiger partial charge on any atom is -0.381 e. The van der Waals surface area contributed by atoms with Gasteiger partial charge in [-0.25, -0.2) is 4.79 Å². The van der Waals surface area contributed by atoms with E-state index in [-0.39, 0.29) is 12.1 Å². The number of urea groups is 1. The Morgan fingerprint density at radius 3 is 2.76 bits per heavy atom. The number of ether oxygens (including phenoxy) is 1. The van der Waals surface area contributed by atoms with Crippen molar-refractivity contribution < 1.29 is 9.53 Å². The van der Waals surface area contributed by atoms with Gasteiger partial charge in [-0.15, -0.1) is 0 Å². The van der Waals surface area contributed by atoms with E-state index in [1.807, 2.05) is 31.2 Å². The topological polar surface area (TPSA) is 50.4 Å². The number of halogens is 1. The molecular formula is C16H25BrN2O2. The fourth-order valence-electron chi connectivity index (χ4n) is 1.80. The Kier molecular flexibility index (Phi) is 8.38. The summed E-state index contributed by atoms with van der Waals surface area (Å²) in [6.07, 6.45) is 0.825. The van der Waals surface area contributed by atoms with E-state index in [0.717, 1.165) is 23.1 Å². The Morgan fingerprint density at radius 1 is 1.33 bits per heavy atom. The van der Waals surface area contributed by atoms with Crippen LogP contribution in [0.5, 0.6) is 0 Å². The summed E-state index contributed by atoms with van der Waals surface area (Å²) in [5.74, 6) is 0.548. The SMILES string of the molecule is CC(C)COCCCNC(=O)NC(C)c1cccc(Br)c1. The summed E-state index contributed by atoms with van der Waals surface area (Å²) in [6, 6.07) is 7.75. The molecule has 0 aliphatic carbocycles. The van der Waals surface area contributed by atoms with E-state index in [1.54, 1.807) is 0 Å². The molecule has 1 rings (SSSR count). The Labute approximate surface area is 135 Å². The van der Waals surface area contributed by atoms with Gasteiger partial charge in [-0.2, -0.15) is 0 Å². The van der Waals surface area contributed by atoms with E-state index >= 15 is 0 Å². The van der Waals surface area contributed by atoms with E-state index in [2.05, 4.69) is 40.4 Å². The summed E-state index contributed by atoms with van der Waals surface area (Å²) < 4.78 is 6.47. The molecule has 0 fully saturated rings. The molecule has 0 aliphatic rings. The van der Waals surface area contributed by atoms with Crippen molar-refractivity contribution in [2.45, 2.75) is 33.2 Å². The minimum absolute atomic E-state index is 0.0281. The first-order valence-electron chi connectivity index (χ1n) is 7.36. The number of benzene rings is 1. The third-order valence-corrected chi connectivity index (χ3v) is 3.39. The number of hydrogen-bond donors (Lipinski definition) is 2. The Bertz CT molecular complexity index is 438. The van der Waals surface area contributed by atoms with Gasteiger partial charge in [0.1, 0.15) is 0 Å². The predicted molar refractivity (Wildman–Crippen MR) is 89.4 cm³/mol. The maximum Gasteiger partial charge on any atom is 0.315 e. The third kappa shape index (κ3) is 8.07. The van der Waals surface area contributed by atoms with Crippen molar-refractivity contribution in [3.8, 4) is 0 Å². The number of hydrogen-bond acceptors (Lipinski definition) is 2. The Morgan fingerprint density at radius 2 is 2.10 bits per heavy atom. The van der Waals surface area contributed by atoms with E-state index in [1.165, 1.54) is 0 Å². The zero-order valence-electron chi connectivity index (χ0n) is 13.0. The monoisotopic (exact) mass is 356 g/mol. The van der Waals surface area contributed by atoms with Gasteiger partial charge in [-0.3, -0.25) is 0 Å². The van der Waals surface area contributed by atoms with Crippen LogP contribution in [0.15, 0.2) is 28.7 Å². The second-order valence-corrected chi connectivity index (χ2v) is 6.41. The van der Waals surface area contributed by atoms with Crippen molar-refractivity contribution in [3.05, 3.63) is 34.3 Å². The molecular weight excluding hydrogens is 332 g/mol. The van der Waals surface area contributed by atoms with Gasteiger partial charge in [0.2, 0.25) is 0 Å². The first kappa shape index (κ1) is 18.0. The van der Waals surface area contributed by atoms with Crippen LogP contribution in [0.25, 0.3) is 0 Å². The van der Waals surface area contributed by atoms with Crippen molar-refractivity contribution in [1.82, 2.24) is 10.6 Å². The summed E-state index contributed by atoms with van der Waals surface area (Å²) >= 11 is 3.43. The molecule has 1 atom stereocenters. The normalized spacial score (nSPS) is 12.2. The van der Waals surface area contributed by atoms with Crippen LogP contribution in [0.1, 0.15) is 38.8 Å². The lowest BCUT2D eigenvalue weighted by atomic mass is 10.1. The number of nitrogens with one attached hydrogen (secondary N) is 2. The summed E-state index contributed by atoms with van der Waals surface area (Å²) in [6.45, 7) is 8.28. The maximum atomic E-state index is 11.8. The molecule has 21 heavy (non-hydrogen) atoms. The van der Waals surface area contributed by atoms with Gasteiger partial charge in [0.05, 0.1) is 6.04 Å². The molecule has 2 amide bonds. The van der Waals surface area contributed by atoms with Gasteiger partial charge in [0.15, 0.2) is 0 Å². The van der Waals surface area contributed by atoms with Crippen LogP contribution in [0.3, 0.4) is 0 Å². The summed E-state index contributed by atoms with van der Waals surface area (Å²) in [4.78, 5) is 11.8. The molecule has 0 bridgehead atoms. The van der Waals surface area contributed by atoms with Crippen LogP contribution in [-0.2, 0) is 4.74 Å². The quantitative estimate of drug-likeness (QED) is 0.694. The minimum atomic E-state index is -0.147. The molecule has 1 aromatic carbocycles. The van der Waals surface area contributed by atoms with Crippen LogP contribution < -0.4 is 10.6 Å². The molecule has 0 saturated carbocycles. The van der Waals surface area contributed by atoms with Crippen LogP contribution in [0, 0.1) is 5.92 Å². The highest BCUT2D eigenvalue weighted by molar-refractivity contribution is 9.10. The van der Waals surface area contributed by atoms with Crippen molar-refractivity contribution in [1.29, 1.82) is 0 Å². The summed E-state index contributed by atoms with van der Waals surface area (Å²) in [5, 5.41) is 5.77. The molecule has 0 aliphatic heterocycles. The van der Waals surface area contributed by atoms with Crippen LogP contribution in [0.4, 0.5) is 4.79 Å². The molecule has 0 radical (unpaired) electrons. The van der Waals surface area contributed by atoms with E-state index in [4.69, 9.17) is 4.74 Å². The van der Waals surface area contributed by atoms with Gasteiger partial charge < -0.3 is 15.4 Å². The number of carbonyl (C=O) groups is 1. The highest BCUT2D eigenvalue weighted by atomic mass is 79.9. The first-order chi connectivity index (χ1) is 9.99. The standard InChI is InChI=1S/C16H25BrN2O2/c1-12(2)11-21-9-5-8-18-16(20)19-13(3)14-6-4-7-15(17)10-14/h4,6-7,10,12-13H,5,8-9,11H2,1-3H3,(H2,18,19,20). The molecule has 1 aromatic rings. The molecule has 0 saturated heterocycles. The lowest BCUT2D eigenvalue weighted by molar-refractivity contribution is 0.108. The van der Waals surface area contributed by atoms with E-state index < -0.39 is 0 Å². The molecule has 118 valence electrons. The fraction of sp³-hybridized carbons (Fsp3) is 0.562. The predicted octanol–water partition coefficient (Wildman–Crippen LogP) is 3.87. The smallest absolute Gasteiger partial charge is 0.315 e. The first-order valence-corrected chi connectivity index (χ1v) is 8.16. The molecule has 0 heterocycles. The molecule has 0 aromatic heterocycles. The Hall–Kier alpha value is -1.07. The van der Waals surface area contributed by atoms with E-state index in [9.17, 15) is 4.79 Å². The van der Waals surface area contributed by atoms with Gasteiger partial charge >= 0.3 is 6.03 Å². The van der Waals surface area contributed by atoms with Crippen molar-refractivity contribution >= 4 is 22.0 Å².